The first-order chi connectivity index (χ1) is 25.0. The van der Waals surface area contributed by atoms with E-state index in [-0.39, 0.29) is 17.7 Å². The van der Waals surface area contributed by atoms with Crippen molar-refractivity contribution < 1.29 is 0 Å². The van der Waals surface area contributed by atoms with E-state index in [4.69, 9.17) is 4.99 Å². The predicted molar refractivity (Wildman–Crippen MR) is 213 cm³/mol. The molecule has 10 rings (SSSR count). The highest BCUT2D eigenvalue weighted by Gasteiger charge is 2.39. The Morgan fingerprint density at radius 3 is 1.88 bits per heavy atom. The molecular formula is C48H37N3. The number of benzene rings is 8. The highest BCUT2D eigenvalue weighted by Crippen LogP contribution is 2.55. The monoisotopic (exact) mass is 655 g/mol. The third-order valence-corrected chi connectivity index (χ3v) is 11.1. The van der Waals surface area contributed by atoms with Crippen LogP contribution in [0.1, 0.15) is 54.0 Å². The van der Waals surface area contributed by atoms with Crippen molar-refractivity contribution in [1.29, 1.82) is 0 Å². The largest absolute Gasteiger partial charge is 0.350 e. The van der Waals surface area contributed by atoms with E-state index < -0.39 is 0 Å². The average molecular weight is 656 g/mol. The van der Waals surface area contributed by atoms with Crippen LogP contribution in [0, 0.1) is 0 Å². The Balaban J connectivity index is 1.13. The van der Waals surface area contributed by atoms with Crippen LogP contribution < -0.4 is 10.6 Å². The fourth-order valence-electron chi connectivity index (χ4n) is 8.50. The van der Waals surface area contributed by atoms with Crippen molar-refractivity contribution in [2.24, 2.45) is 4.99 Å². The summed E-state index contributed by atoms with van der Waals surface area (Å²) in [5.74, 6) is 0.896. The molecule has 3 heteroatoms. The lowest BCUT2D eigenvalue weighted by atomic mass is 9.79. The SMILES string of the molecule is CC1(C)c2cc(C3=NC(c4ccc5ccccc5c4)NC(c4ccc5ccccc5c4)N3)ccc2-c2c(-c3ccccc3)cc3ccccc3c21. The lowest BCUT2D eigenvalue weighted by molar-refractivity contribution is 0.409. The molecule has 0 radical (unpaired) electrons. The van der Waals surface area contributed by atoms with Gasteiger partial charge in [-0.2, -0.15) is 0 Å². The van der Waals surface area contributed by atoms with Crippen molar-refractivity contribution >= 4 is 38.2 Å². The smallest absolute Gasteiger partial charge is 0.131 e. The maximum Gasteiger partial charge on any atom is 0.131 e. The van der Waals surface area contributed by atoms with Gasteiger partial charge in [0.25, 0.3) is 0 Å². The second-order valence-corrected chi connectivity index (χ2v) is 14.5. The van der Waals surface area contributed by atoms with Crippen molar-refractivity contribution in [2.45, 2.75) is 31.6 Å². The highest BCUT2D eigenvalue weighted by molar-refractivity contribution is 6.06. The van der Waals surface area contributed by atoms with Crippen LogP contribution in [-0.2, 0) is 5.41 Å². The van der Waals surface area contributed by atoms with Crippen LogP contribution >= 0.6 is 0 Å². The molecule has 244 valence electrons. The summed E-state index contributed by atoms with van der Waals surface area (Å²) in [6, 6.07) is 59.6. The van der Waals surface area contributed by atoms with Gasteiger partial charge in [-0.05, 0) is 101 Å². The first-order valence-corrected chi connectivity index (χ1v) is 17.9. The zero-order valence-electron chi connectivity index (χ0n) is 28.7. The van der Waals surface area contributed by atoms with E-state index >= 15 is 0 Å². The summed E-state index contributed by atoms with van der Waals surface area (Å²) in [6.45, 7) is 4.77. The van der Waals surface area contributed by atoms with Crippen LogP contribution in [0.25, 0.3) is 54.6 Å². The highest BCUT2D eigenvalue weighted by atomic mass is 15.3. The Kier molecular flexibility index (Phi) is 6.74. The minimum atomic E-state index is -0.227. The van der Waals surface area contributed by atoms with E-state index in [2.05, 4.69) is 188 Å². The van der Waals surface area contributed by atoms with Gasteiger partial charge in [-0.25, -0.2) is 4.99 Å². The summed E-state index contributed by atoms with van der Waals surface area (Å²) < 4.78 is 0. The van der Waals surface area contributed by atoms with Crippen molar-refractivity contribution in [1.82, 2.24) is 10.6 Å². The van der Waals surface area contributed by atoms with Crippen LogP contribution in [0.5, 0.6) is 0 Å². The molecule has 1 aliphatic carbocycles. The van der Waals surface area contributed by atoms with E-state index in [1.165, 1.54) is 71.3 Å². The third-order valence-electron chi connectivity index (χ3n) is 11.1. The molecule has 0 aromatic heterocycles. The molecule has 0 spiro atoms. The molecule has 2 N–H and O–H groups in total. The van der Waals surface area contributed by atoms with Gasteiger partial charge in [-0.3, -0.25) is 5.32 Å². The standard InChI is InChI=1S/C48H37N3/c1-48(2)42-29-38(24-25-40(42)43-41(32-14-4-3-5-15-32)28-35-18-10-11-19-39(35)44(43)48)47-50-45(36-22-20-30-12-6-8-16-33(30)26-36)49-46(51-47)37-23-21-31-13-7-9-17-34(31)27-37/h3-29,45-46,49H,1-2H3,(H,50,51). The molecule has 51 heavy (non-hydrogen) atoms. The van der Waals surface area contributed by atoms with Crippen LogP contribution in [0.4, 0.5) is 0 Å². The average Bonchev–Trinajstić information content (AvgIpc) is 3.43. The number of hydrogen-bond donors (Lipinski definition) is 2. The zero-order valence-corrected chi connectivity index (χ0v) is 28.7. The number of rotatable bonds is 4. The van der Waals surface area contributed by atoms with Gasteiger partial charge in [0, 0.05) is 11.0 Å². The van der Waals surface area contributed by atoms with Crippen molar-refractivity contribution in [3.8, 4) is 22.3 Å². The number of aliphatic imine (C=N–C) groups is 1. The summed E-state index contributed by atoms with van der Waals surface area (Å²) in [4.78, 5) is 5.40. The second-order valence-electron chi connectivity index (χ2n) is 14.5. The Morgan fingerprint density at radius 2 is 1.14 bits per heavy atom. The van der Waals surface area contributed by atoms with E-state index in [9.17, 15) is 0 Å². The summed E-state index contributed by atoms with van der Waals surface area (Å²) in [5.41, 5.74) is 11.1. The summed E-state index contributed by atoms with van der Waals surface area (Å²) in [7, 11) is 0. The third kappa shape index (κ3) is 4.88. The van der Waals surface area contributed by atoms with E-state index in [1.807, 2.05) is 0 Å². The molecule has 3 nitrogen and oxygen atoms in total. The van der Waals surface area contributed by atoms with Gasteiger partial charge in [0.2, 0.25) is 0 Å². The molecule has 2 unspecified atom stereocenters. The molecule has 0 bridgehead atoms. The van der Waals surface area contributed by atoms with E-state index in [0.29, 0.717) is 0 Å². The van der Waals surface area contributed by atoms with Crippen LogP contribution in [0.3, 0.4) is 0 Å². The van der Waals surface area contributed by atoms with Gasteiger partial charge >= 0.3 is 0 Å². The van der Waals surface area contributed by atoms with E-state index in [0.717, 1.165) is 17.0 Å². The molecule has 2 aliphatic rings. The minimum Gasteiger partial charge on any atom is -0.350 e. The molecule has 0 fully saturated rings. The fraction of sp³-hybridized carbons (Fsp3) is 0.104. The number of fused-ring (bicyclic) bond motifs is 7. The molecule has 0 saturated heterocycles. The quantitative estimate of drug-likeness (QED) is 0.198. The first-order valence-electron chi connectivity index (χ1n) is 17.9. The normalized spacial score (nSPS) is 17.6. The van der Waals surface area contributed by atoms with Gasteiger partial charge in [0.15, 0.2) is 0 Å². The number of nitrogens with one attached hydrogen (secondary N) is 2. The first kappa shape index (κ1) is 29.8. The summed E-state index contributed by atoms with van der Waals surface area (Å²) in [5, 5.41) is 15.2. The minimum absolute atomic E-state index is 0.134. The van der Waals surface area contributed by atoms with Gasteiger partial charge in [-0.15, -0.1) is 0 Å². The molecule has 0 amide bonds. The maximum atomic E-state index is 5.40. The lowest BCUT2D eigenvalue weighted by Gasteiger charge is -2.33. The van der Waals surface area contributed by atoms with Gasteiger partial charge in [0.1, 0.15) is 18.2 Å². The predicted octanol–water partition coefficient (Wildman–Crippen LogP) is 11.5. The maximum absolute atomic E-state index is 5.40. The molecule has 1 aliphatic heterocycles. The molecular weight excluding hydrogens is 619 g/mol. The van der Waals surface area contributed by atoms with Crippen LogP contribution in [0.2, 0.25) is 0 Å². The van der Waals surface area contributed by atoms with Crippen molar-refractivity contribution in [2.75, 3.05) is 0 Å². The number of nitrogens with zero attached hydrogens (tertiary/aromatic N) is 1. The second kappa shape index (κ2) is 11.5. The Labute approximate surface area is 298 Å². The Hall–Kier alpha value is -6.03. The topological polar surface area (TPSA) is 36.4 Å². The molecule has 8 aromatic carbocycles. The van der Waals surface area contributed by atoms with Crippen molar-refractivity contribution in [3.05, 3.63) is 192 Å². The van der Waals surface area contributed by atoms with Gasteiger partial charge in [-0.1, -0.05) is 153 Å². The van der Waals surface area contributed by atoms with Gasteiger partial charge in [0.05, 0.1) is 0 Å². The zero-order chi connectivity index (χ0) is 34.1. The molecule has 1 heterocycles. The number of amidine groups is 1. The molecule has 8 aromatic rings. The van der Waals surface area contributed by atoms with E-state index in [1.54, 1.807) is 0 Å². The number of hydrogen-bond acceptors (Lipinski definition) is 3. The lowest BCUT2D eigenvalue weighted by Crippen LogP contribution is -2.45. The molecule has 2 atom stereocenters. The van der Waals surface area contributed by atoms with Crippen molar-refractivity contribution in [3.63, 3.8) is 0 Å². The summed E-state index contributed by atoms with van der Waals surface area (Å²) in [6.07, 6.45) is -0.361. The van der Waals surface area contributed by atoms with Crippen LogP contribution in [-0.4, -0.2) is 5.84 Å². The molecule has 0 saturated carbocycles. The Morgan fingerprint density at radius 1 is 0.510 bits per heavy atom. The Bertz CT molecular complexity index is 2690. The fourth-order valence-corrected chi connectivity index (χ4v) is 8.50. The van der Waals surface area contributed by atoms with Gasteiger partial charge < -0.3 is 5.32 Å². The summed E-state index contributed by atoms with van der Waals surface area (Å²) >= 11 is 0. The van der Waals surface area contributed by atoms with Crippen LogP contribution in [0.15, 0.2) is 169 Å².